The predicted molar refractivity (Wildman–Crippen MR) is 235 cm³/mol. The van der Waals surface area contributed by atoms with E-state index in [4.69, 9.17) is 15.0 Å². The molecule has 0 aliphatic heterocycles. The molecule has 8 aromatic carbocycles. The van der Waals surface area contributed by atoms with E-state index in [2.05, 4.69) is 155 Å². The Bertz CT molecular complexity index is 3370. The summed E-state index contributed by atoms with van der Waals surface area (Å²) >= 11 is 0. The second kappa shape index (κ2) is 13.6. The molecule has 11 aromatic rings. The van der Waals surface area contributed by atoms with Crippen LogP contribution in [-0.2, 0) is 0 Å². The van der Waals surface area contributed by atoms with Crippen molar-refractivity contribution in [2.75, 3.05) is 0 Å². The van der Waals surface area contributed by atoms with Crippen LogP contribution in [0.3, 0.4) is 0 Å². The van der Waals surface area contributed by atoms with Gasteiger partial charge in [0.2, 0.25) is 0 Å². The minimum atomic E-state index is 0.553. The fourth-order valence-electron chi connectivity index (χ4n) is 8.24. The topological polar surface area (TPSA) is 72.3 Å². The molecule has 0 fully saturated rings. The van der Waals surface area contributed by atoms with E-state index in [0.29, 0.717) is 23.0 Å². The highest BCUT2D eigenvalue weighted by Gasteiger charge is 2.17. The lowest BCUT2D eigenvalue weighted by Crippen LogP contribution is -2.00. The van der Waals surface area contributed by atoms with Gasteiger partial charge in [-0.1, -0.05) is 97.1 Å². The van der Waals surface area contributed by atoms with Gasteiger partial charge in [-0.05, 0) is 108 Å². The first-order valence-corrected chi connectivity index (χ1v) is 19.3. The molecule has 0 saturated heterocycles. The summed E-state index contributed by atoms with van der Waals surface area (Å²) in [5.41, 5.74) is 12.4. The Kier molecular flexibility index (Phi) is 7.76. The lowest BCUT2D eigenvalue weighted by molar-refractivity contribution is 1.07. The van der Waals surface area contributed by atoms with Crippen LogP contribution >= 0.6 is 0 Å². The Labute approximate surface area is 334 Å². The molecular formula is C52H32N6. The molecule has 0 bridgehead atoms. The number of hydrogen-bond acceptors (Lipinski definition) is 4. The van der Waals surface area contributed by atoms with Crippen LogP contribution < -0.4 is 0 Å². The van der Waals surface area contributed by atoms with E-state index in [1.807, 2.05) is 42.5 Å². The largest absolute Gasteiger partial charge is 0.309 e. The third-order valence-electron chi connectivity index (χ3n) is 11.0. The van der Waals surface area contributed by atoms with Crippen LogP contribution in [0.25, 0.3) is 100 Å². The van der Waals surface area contributed by atoms with E-state index in [0.717, 1.165) is 39.1 Å². The molecule has 0 aliphatic carbocycles. The van der Waals surface area contributed by atoms with Crippen LogP contribution in [0.4, 0.5) is 0 Å². The molecule has 11 rings (SSSR count). The zero-order chi connectivity index (χ0) is 38.6. The summed E-state index contributed by atoms with van der Waals surface area (Å²) < 4.78 is 4.69. The minimum Gasteiger partial charge on any atom is -0.309 e. The molecule has 270 valence electrons. The van der Waals surface area contributed by atoms with E-state index in [1.165, 1.54) is 43.7 Å². The molecule has 0 unspecified atom stereocenters. The molecule has 58 heavy (non-hydrogen) atoms. The molecule has 3 heterocycles. The molecule has 3 aromatic heterocycles. The highest BCUT2D eigenvalue weighted by atomic mass is 15.0. The van der Waals surface area contributed by atoms with Gasteiger partial charge in [0, 0.05) is 49.6 Å². The lowest BCUT2D eigenvalue weighted by atomic mass is 10.0. The van der Waals surface area contributed by atoms with Gasteiger partial charge in [0.05, 0.1) is 33.7 Å². The molecule has 0 amide bonds. The van der Waals surface area contributed by atoms with Gasteiger partial charge in [0.1, 0.15) is 0 Å². The van der Waals surface area contributed by atoms with Gasteiger partial charge in [-0.2, -0.15) is 5.26 Å². The fraction of sp³-hybridized carbons (Fsp3) is 0. The Morgan fingerprint density at radius 3 is 1.21 bits per heavy atom. The van der Waals surface area contributed by atoms with E-state index >= 15 is 0 Å². The Hall–Kier alpha value is -8.14. The van der Waals surface area contributed by atoms with Gasteiger partial charge >= 0.3 is 0 Å². The summed E-state index contributed by atoms with van der Waals surface area (Å²) in [7, 11) is 0. The first-order chi connectivity index (χ1) is 28.7. The van der Waals surface area contributed by atoms with Crippen LogP contribution in [0.15, 0.2) is 194 Å². The van der Waals surface area contributed by atoms with Gasteiger partial charge < -0.3 is 9.13 Å². The average molecular weight is 741 g/mol. The third kappa shape index (κ3) is 5.53. The zero-order valence-corrected chi connectivity index (χ0v) is 31.2. The first-order valence-electron chi connectivity index (χ1n) is 19.3. The second-order valence-corrected chi connectivity index (χ2v) is 14.4. The predicted octanol–water partition coefficient (Wildman–Crippen LogP) is 12.6. The quantitative estimate of drug-likeness (QED) is 0.170. The summed E-state index contributed by atoms with van der Waals surface area (Å²) in [6.45, 7) is 0. The third-order valence-corrected chi connectivity index (χ3v) is 11.0. The summed E-state index contributed by atoms with van der Waals surface area (Å²) in [4.78, 5) is 14.7. The molecule has 0 radical (unpaired) electrons. The molecule has 0 saturated carbocycles. The van der Waals surface area contributed by atoms with Gasteiger partial charge in [-0.15, -0.1) is 0 Å². The van der Waals surface area contributed by atoms with Gasteiger partial charge in [-0.25, -0.2) is 15.0 Å². The number of nitrogens with zero attached hydrogens (tertiary/aromatic N) is 6. The van der Waals surface area contributed by atoms with Crippen molar-refractivity contribution < 1.29 is 0 Å². The molecule has 0 aliphatic rings. The number of rotatable bonds is 6. The van der Waals surface area contributed by atoms with Crippen molar-refractivity contribution in [2.45, 2.75) is 0 Å². The van der Waals surface area contributed by atoms with Crippen molar-refractivity contribution in [3.05, 3.63) is 200 Å². The number of aromatic nitrogens is 5. The average Bonchev–Trinajstić information content (AvgIpc) is 3.82. The summed E-state index contributed by atoms with van der Waals surface area (Å²) in [5, 5.41) is 14.2. The maximum Gasteiger partial charge on any atom is 0.164 e. The van der Waals surface area contributed by atoms with Crippen molar-refractivity contribution in [3.8, 4) is 62.7 Å². The number of para-hydroxylation sites is 3. The van der Waals surface area contributed by atoms with Gasteiger partial charge in [-0.3, -0.25) is 0 Å². The highest BCUT2D eigenvalue weighted by molar-refractivity contribution is 6.12. The van der Waals surface area contributed by atoms with E-state index in [-0.39, 0.29) is 0 Å². The normalized spacial score (nSPS) is 11.4. The first kappa shape index (κ1) is 33.2. The Morgan fingerprint density at radius 2 is 0.707 bits per heavy atom. The van der Waals surface area contributed by atoms with Crippen LogP contribution in [0.1, 0.15) is 5.56 Å². The van der Waals surface area contributed by atoms with Crippen molar-refractivity contribution in [1.82, 2.24) is 24.1 Å². The van der Waals surface area contributed by atoms with Crippen molar-refractivity contribution in [3.63, 3.8) is 0 Å². The summed E-state index contributed by atoms with van der Waals surface area (Å²) in [6, 6.07) is 69.4. The maximum atomic E-state index is 9.35. The monoisotopic (exact) mass is 740 g/mol. The second-order valence-electron chi connectivity index (χ2n) is 14.4. The molecule has 0 N–H and O–H groups in total. The highest BCUT2D eigenvalue weighted by Crippen LogP contribution is 2.38. The number of hydrogen-bond donors (Lipinski definition) is 0. The molecule has 0 spiro atoms. The van der Waals surface area contributed by atoms with Crippen molar-refractivity contribution in [1.29, 1.82) is 5.26 Å². The standard InChI is InChI=1S/C52H32N6/c53-33-34-19-21-36(22-20-34)51-54-50(35-11-3-1-4-12-35)55-52(56-51)37-23-27-41(28-24-37)58-47-18-10-8-16-43(47)45-32-39(26-30-49(45)58)38-25-29-48-44(31-38)42-15-7-9-17-46(42)57(48)40-13-5-2-6-14-40/h1-32H. The van der Waals surface area contributed by atoms with E-state index in [9.17, 15) is 5.26 Å². The van der Waals surface area contributed by atoms with Crippen LogP contribution in [0, 0.1) is 11.3 Å². The van der Waals surface area contributed by atoms with Gasteiger partial charge in [0.15, 0.2) is 17.5 Å². The van der Waals surface area contributed by atoms with Gasteiger partial charge in [0.25, 0.3) is 0 Å². The summed E-state index contributed by atoms with van der Waals surface area (Å²) in [6.07, 6.45) is 0. The SMILES string of the molecule is N#Cc1ccc(-c2nc(-c3ccccc3)nc(-c3ccc(-n4c5ccccc5c5cc(-c6ccc7c(c6)c6ccccc6n7-c6ccccc6)ccc54)cc3)n2)cc1. The molecule has 0 atom stereocenters. The van der Waals surface area contributed by atoms with Crippen LogP contribution in [0.5, 0.6) is 0 Å². The van der Waals surface area contributed by atoms with Crippen LogP contribution in [-0.4, -0.2) is 24.1 Å². The molecular weight excluding hydrogens is 709 g/mol. The van der Waals surface area contributed by atoms with E-state index < -0.39 is 0 Å². The van der Waals surface area contributed by atoms with Crippen molar-refractivity contribution in [2.24, 2.45) is 0 Å². The van der Waals surface area contributed by atoms with Crippen molar-refractivity contribution >= 4 is 43.6 Å². The van der Waals surface area contributed by atoms with E-state index in [1.54, 1.807) is 12.1 Å². The summed E-state index contributed by atoms with van der Waals surface area (Å²) in [5.74, 6) is 1.72. The zero-order valence-electron chi connectivity index (χ0n) is 31.2. The Balaban J connectivity index is 1.00. The minimum absolute atomic E-state index is 0.553. The number of fused-ring (bicyclic) bond motifs is 6. The smallest absolute Gasteiger partial charge is 0.164 e. The number of nitriles is 1. The maximum absolute atomic E-state index is 9.35. The van der Waals surface area contributed by atoms with Crippen LogP contribution in [0.2, 0.25) is 0 Å². The molecule has 6 heteroatoms. The number of benzene rings is 8. The lowest BCUT2D eigenvalue weighted by Gasteiger charge is -2.11. The Morgan fingerprint density at radius 1 is 0.328 bits per heavy atom. The molecule has 6 nitrogen and oxygen atoms in total. The fourth-order valence-corrected chi connectivity index (χ4v) is 8.24.